The first-order valence-corrected chi connectivity index (χ1v) is 15.4. The SMILES string of the molecule is [CH2]C(CCCC(C)CCCCCCCCC)CCC(C)CCCCCCCCCCCC. The summed E-state index contributed by atoms with van der Waals surface area (Å²) in [4.78, 5) is 0. The molecule has 0 saturated heterocycles. The molecule has 193 valence electrons. The van der Waals surface area contributed by atoms with Crippen LogP contribution in [0.1, 0.15) is 182 Å². The van der Waals surface area contributed by atoms with Gasteiger partial charge in [-0.3, -0.25) is 0 Å². The first-order chi connectivity index (χ1) is 15.6. The maximum absolute atomic E-state index is 4.47. The second kappa shape index (κ2) is 25.6. The van der Waals surface area contributed by atoms with E-state index < -0.39 is 0 Å². The van der Waals surface area contributed by atoms with Crippen molar-refractivity contribution in [2.24, 2.45) is 17.8 Å². The summed E-state index contributed by atoms with van der Waals surface area (Å²) in [5.41, 5.74) is 0. The fourth-order valence-electron chi connectivity index (χ4n) is 5.14. The van der Waals surface area contributed by atoms with Gasteiger partial charge in [-0.05, 0) is 17.8 Å². The number of hydrogen-bond donors (Lipinski definition) is 0. The quantitative estimate of drug-likeness (QED) is 0.115. The van der Waals surface area contributed by atoms with Gasteiger partial charge in [0.2, 0.25) is 0 Å². The van der Waals surface area contributed by atoms with Crippen LogP contribution in [0.15, 0.2) is 0 Å². The summed E-state index contributed by atoms with van der Waals surface area (Å²) in [6.07, 6.45) is 34.4. The lowest BCUT2D eigenvalue weighted by Gasteiger charge is -2.17. The minimum Gasteiger partial charge on any atom is -0.0654 e. The maximum Gasteiger partial charge on any atom is -0.0414 e. The summed E-state index contributed by atoms with van der Waals surface area (Å²) in [7, 11) is 0. The van der Waals surface area contributed by atoms with Crippen LogP contribution in [0.4, 0.5) is 0 Å². The van der Waals surface area contributed by atoms with Gasteiger partial charge in [0.25, 0.3) is 0 Å². The Hall–Kier alpha value is 0. The molecule has 0 heteroatoms. The predicted molar refractivity (Wildman–Crippen MR) is 149 cm³/mol. The molecule has 0 nitrogen and oxygen atoms in total. The molecule has 0 heterocycles. The van der Waals surface area contributed by atoms with Crippen LogP contribution in [0.5, 0.6) is 0 Å². The Labute approximate surface area is 206 Å². The first kappa shape index (κ1) is 32.0. The van der Waals surface area contributed by atoms with Crippen molar-refractivity contribution in [1.29, 1.82) is 0 Å². The van der Waals surface area contributed by atoms with Crippen molar-refractivity contribution in [3.63, 3.8) is 0 Å². The first-order valence-electron chi connectivity index (χ1n) is 15.4. The number of hydrogen-bond acceptors (Lipinski definition) is 0. The Bertz CT molecular complexity index is 333. The molecule has 0 saturated carbocycles. The fraction of sp³-hybridized carbons (Fsp3) is 0.969. The van der Waals surface area contributed by atoms with Gasteiger partial charge in [-0.2, -0.15) is 0 Å². The topological polar surface area (TPSA) is 0 Å². The lowest BCUT2D eigenvalue weighted by Crippen LogP contribution is -2.03. The summed E-state index contributed by atoms with van der Waals surface area (Å²) in [6.45, 7) is 14.0. The van der Waals surface area contributed by atoms with E-state index in [9.17, 15) is 0 Å². The lowest BCUT2D eigenvalue weighted by molar-refractivity contribution is 0.379. The summed E-state index contributed by atoms with van der Waals surface area (Å²) in [5, 5.41) is 0. The van der Waals surface area contributed by atoms with Gasteiger partial charge in [0.05, 0.1) is 0 Å². The van der Waals surface area contributed by atoms with E-state index in [1.54, 1.807) is 0 Å². The molecule has 0 N–H and O–H groups in total. The average Bonchev–Trinajstić information content (AvgIpc) is 2.78. The molecule has 0 spiro atoms. The molecule has 0 aliphatic carbocycles. The molecular weight excluding hydrogens is 384 g/mol. The minimum atomic E-state index is 0.691. The number of unbranched alkanes of at least 4 members (excludes halogenated alkanes) is 15. The molecule has 0 amide bonds. The number of rotatable bonds is 26. The van der Waals surface area contributed by atoms with Crippen molar-refractivity contribution in [1.82, 2.24) is 0 Å². The normalized spacial score (nSPS) is 14.5. The lowest BCUT2D eigenvalue weighted by atomic mass is 9.89. The molecule has 0 fully saturated rings. The predicted octanol–water partition coefficient (Wildman–Crippen LogP) is 12.1. The Kier molecular flexibility index (Phi) is 25.6. The highest BCUT2D eigenvalue weighted by atomic mass is 14.1. The molecule has 0 aromatic heterocycles. The summed E-state index contributed by atoms with van der Waals surface area (Å²) < 4.78 is 0. The van der Waals surface area contributed by atoms with Crippen molar-refractivity contribution >= 4 is 0 Å². The summed E-state index contributed by atoms with van der Waals surface area (Å²) in [5.74, 6) is 2.52. The maximum atomic E-state index is 4.47. The highest BCUT2D eigenvalue weighted by Crippen LogP contribution is 2.24. The van der Waals surface area contributed by atoms with Crippen LogP contribution in [0.25, 0.3) is 0 Å². The van der Waals surface area contributed by atoms with E-state index in [1.807, 2.05) is 0 Å². The van der Waals surface area contributed by atoms with Gasteiger partial charge >= 0.3 is 0 Å². The van der Waals surface area contributed by atoms with Crippen LogP contribution in [0.2, 0.25) is 0 Å². The van der Waals surface area contributed by atoms with E-state index in [1.165, 1.54) is 154 Å². The van der Waals surface area contributed by atoms with Crippen molar-refractivity contribution < 1.29 is 0 Å². The standard InChI is InChI=1S/C32H65/c1-6-8-10-12-14-15-16-18-20-22-25-31(4)28-29-32(5)27-23-26-30(3)24-21-19-17-13-11-9-7-2/h30-32H,5-29H2,1-4H3. The summed E-state index contributed by atoms with van der Waals surface area (Å²) in [6, 6.07) is 0. The largest absolute Gasteiger partial charge is 0.0654 e. The van der Waals surface area contributed by atoms with Crippen LogP contribution >= 0.6 is 0 Å². The molecule has 32 heavy (non-hydrogen) atoms. The Morgan fingerprint density at radius 2 is 0.719 bits per heavy atom. The monoisotopic (exact) mass is 450 g/mol. The second-order valence-corrected chi connectivity index (χ2v) is 11.5. The van der Waals surface area contributed by atoms with Crippen LogP contribution in [-0.2, 0) is 0 Å². The minimum absolute atomic E-state index is 0.691. The van der Waals surface area contributed by atoms with Crippen molar-refractivity contribution in [2.45, 2.75) is 182 Å². The van der Waals surface area contributed by atoms with Crippen LogP contribution in [-0.4, -0.2) is 0 Å². The highest BCUT2D eigenvalue weighted by Gasteiger charge is 2.09. The van der Waals surface area contributed by atoms with Gasteiger partial charge in [0.1, 0.15) is 0 Å². The van der Waals surface area contributed by atoms with Gasteiger partial charge in [-0.25, -0.2) is 0 Å². The van der Waals surface area contributed by atoms with Gasteiger partial charge < -0.3 is 0 Å². The smallest absolute Gasteiger partial charge is 0.0414 e. The van der Waals surface area contributed by atoms with E-state index in [0.29, 0.717) is 5.92 Å². The van der Waals surface area contributed by atoms with Crippen molar-refractivity contribution in [3.05, 3.63) is 6.92 Å². The molecule has 3 unspecified atom stereocenters. The molecule has 0 aliphatic heterocycles. The van der Waals surface area contributed by atoms with E-state index in [0.717, 1.165) is 11.8 Å². The van der Waals surface area contributed by atoms with E-state index >= 15 is 0 Å². The third-order valence-corrected chi connectivity index (χ3v) is 7.73. The summed E-state index contributed by atoms with van der Waals surface area (Å²) >= 11 is 0. The van der Waals surface area contributed by atoms with Crippen LogP contribution in [0.3, 0.4) is 0 Å². The van der Waals surface area contributed by atoms with Crippen molar-refractivity contribution in [2.75, 3.05) is 0 Å². The third-order valence-electron chi connectivity index (χ3n) is 7.73. The molecule has 1 radical (unpaired) electrons. The van der Waals surface area contributed by atoms with Crippen molar-refractivity contribution in [3.8, 4) is 0 Å². The Morgan fingerprint density at radius 1 is 0.375 bits per heavy atom. The second-order valence-electron chi connectivity index (χ2n) is 11.5. The zero-order valence-electron chi connectivity index (χ0n) is 23.4. The zero-order valence-corrected chi connectivity index (χ0v) is 23.4. The average molecular weight is 450 g/mol. The molecule has 0 bridgehead atoms. The molecular formula is C32H65. The third kappa shape index (κ3) is 24.6. The molecule has 0 aliphatic rings. The fourth-order valence-corrected chi connectivity index (χ4v) is 5.14. The van der Waals surface area contributed by atoms with E-state index in [4.69, 9.17) is 0 Å². The van der Waals surface area contributed by atoms with E-state index in [-0.39, 0.29) is 0 Å². The molecule has 0 aromatic carbocycles. The van der Waals surface area contributed by atoms with Gasteiger partial charge in [0, 0.05) is 0 Å². The Balaban J connectivity index is 3.41. The van der Waals surface area contributed by atoms with Gasteiger partial charge in [-0.15, -0.1) is 0 Å². The molecule has 0 aromatic rings. The Morgan fingerprint density at radius 3 is 1.16 bits per heavy atom. The highest BCUT2D eigenvalue weighted by molar-refractivity contribution is 4.66. The van der Waals surface area contributed by atoms with E-state index in [2.05, 4.69) is 34.6 Å². The van der Waals surface area contributed by atoms with Gasteiger partial charge in [0.15, 0.2) is 0 Å². The molecule has 0 rings (SSSR count). The van der Waals surface area contributed by atoms with Gasteiger partial charge in [-0.1, -0.05) is 189 Å². The molecule has 3 atom stereocenters. The van der Waals surface area contributed by atoms with Crippen LogP contribution < -0.4 is 0 Å². The zero-order chi connectivity index (χ0) is 23.7. The van der Waals surface area contributed by atoms with Crippen LogP contribution in [0, 0.1) is 24.7 Å².